The second kappa shape index (κ2) is 10.7. The maximum Gasteiger partial charge on any atom is 0.265 e. The molecule has 10 nitrogen and oxygen atoms in total. The molecule has 2 N–H and O–H groups in total. The molecule has 3 aromatic rings. The third kappa shape index (κ3) is 4.40. The minimum atomic E-state index is -4.00. The number of ether oxygens (including phenoxy) is 2. The summed E-state index contributed by atoms with van der Waals surface area (Å²) in [5.74, 6) is 0.667. The predicted octanol–water partition coefficient (Wildman–Crippen LogP) is 4.89. The number of fused-ring (bicyclic) bond motifs is 7. The molecule has 2 unspecified atom stereocenters. The fourth-order valence-electron chi connectivity index (χ4n) is 10.2. The number of aromatic nitrogens is 1. The molecule has 4 atom stereocenters. The van der Waals surface area contributed by atoms with Crippen LogP contribution < -0.4 is 14.8 Å². The number of hydrogen-bond donors (Lipinski definition) is 2. The van der Waals surface area contributed by atoms with Gasteiger partial charge in [-0.1, -0.05) is 31.9 Å². The smallest absolute Gasteiger partial charge is 0.265 e. The maximum atomic E-state index is 15.1. The number of hydrogen-bond acceptors (Lipinski definition) is 7. The van der Waals surface area contributed by atoms with Gasteiger partial charge < -0.3 is 24.3 Å². The van der Waals surface area contributed by atoms with E-state index in [2.05, 4.69) is 38.2 Å². The summed E-state index contributed by atoms with van der Waals surface area (Å²) < 4.78 is 41.4. The van der Waals surface area contributed by atoms with Gasteiger partial charge in [0.15, 0.2) is 0 Å². The number of benzene rings is 2. The molecule has 4 aliphatic heterocycles. The summed E-state index contributed by atoms with van der Waals surface area (Å²) in [7, 11) is -2.32. The van der Waals surface area contributed by atoms with E-state index in [4.69, 9.17) is 9.47 Å². The second-order valence-corrected chi connectivity index (χ2v) is 17.6. The van der Waals surface area contributed by atoms with Crippen molar-refractivity contribution in [1.29, 1.82) is 0 Å². The molecule has 6 aliphatic rings. The van der Waals surface area contributed by atoms with E-state index in [9.17, 15) is 13.2 Å². The van der Waals surface area contributed by atoms with E-state index >= 15 is 4.79 Å². The number of likely N-dealkylation sites (tertiary alicyclic amines) is 1. The zero-order valence-electron chi connectivity index (χ0n) is 28.3. The average molecular weight is 685 g/mol. The van der Waals surface area contributed by atoms with Gasteiger partial charge in [0, 0.05) is 71.5 Å². The van der Waals surface area contributed by atoms with Crippen LogP contribution >= 0.6 is 0 Å². The molecule has 0 radical (unpaired) electrons. The highest BCUT2D eigenvalue weighted by Crippen LogP contribution is 2.67. The Kier molecular flexibility index (Phi) is 6.82. The van der Waals surface area contributed by atoms with E-state index in [1.165, 1.54) is 18.9 Å². The zero-order chi connectivity index (χ0) is 33.9. The number of amides is 2. The van der Waals surface area contributed by atoms with Crippen LogP contribution in [0.5, 0.6) is 5.75 Å². The predicted molar refractivity (Wildman–Crippen MR) is 186 cm³/mol. The average Bonchev–Trinajstić information content (AvgIpc) is 3.25. The first-order valence-electron chi connectivity index (χ1n) is 17.7. The Balaban J connectivity index is 1.21. The summed E-state index contributed by atoms with van der Waals surface area (Å²) in [6.45, 7) is 9.89. The topological polar surface area (TPSA) is 119 Å². The molecule has 2 aromatic carbocycles. The SMILES string of the molecule is C=C(C)S(=O)(=O)NC(=O)c1ccc2c(C3CCCCC3)c3n(c2c1)C[C@@]1(C(=O)N2CC45CNCC4(COC5)C2)C[C@H]1c1cc(OC)ccc1-3. The van der Waals surface area contributed by atoms with Crippen LogP contribution in [0.25, 0.3) is 22.2 Å². The van der Waals surface area contributed by atoms with E-state index in [-0.39, 0.29) is 33.1 Å². The number of nitrogens with zero attached hydrogens (tertiary/aromatic N) is 2. The largest absolute Gasteiger partial charge is 0.497 e. The van der Waals surface area contributed by atoms with Gasteiger partial charge in [-0.05, 0) is 73.6 Å². The Labute approximate surface area is 287 Å². The molecule has 0 spiro atoms. The van der Waals surface area contributed by atoms with Crippen LogP contribution in [-0.2, 0) is 26.1 Å². The summed E-state index contributed by atoms with van der Waals surface area (Å²) in [5, 5.41) is 4.66. The number of carbonyl (C=O) groups excluding carboxylic acids is 2. The summed E-state index contributed by atoms with van der Waals surface area (Å²) in [6.07, 6.45) is 6.45. The third-order valence-corrected chi connectivity index (χ3v) is 14.4. The lowest BCUT2D eigenvalue weighted by atomic mass is 9.71. The van der Waals surface area contributed by atoms with Crippen molar-refractivity contribution >= 4 is 32.7 Å². The summed E-state index contributed by atoms with van der Waals surface area (Å²) in [6, 6.07) is 11.8. The van der Waals surface area contributed by atoms with Crippen LogP contribution in [0.2, 0.25) is 0 Å². The fourth-order valence-corrected chi connectivity index (χ4v) is 10.8. The highest BCUT2D eigenvalue weighted by molar-refractivity contribution is 7.93. The van der Waals surface area contributed by atoms with Crippen LogP contribution in [-0.4, -0.2) is 76.2 Å². The van der Waals surface area contributed by atoms with Gasteiger partial charge in [-0.3, -0.25) is 9.59 Å². The number of allylic oxidation sites excluding steroid dienone is 1. The molecule has 0 bridgehead atoms. The lowest BCUT2D eigenvalue weighted by Gasteiger charge is -2.28. The van der Waals surface area contributed by atoms with Crippen molar-refractivity contribution in [1.82, 2.24) is 19.5 Å². The Hall–Kier alpha value is -3.67. The number of nitrogens with one attached hydrogen (secondary N) is 2. The van der Waals surface area contributed by atoms with Crippen LogP contribution in [0.4, 0.5) is 0 Å². The van der Waals surface area contributed by atoms with E-state index < -0.39 is 21.3 Å². The number of rotatable bonds is 6. The molecule has 258 valence electrons. The standard InChI is InChI=1S/C38H44N4O6S/c1-23(2)49(45,46)40-34(43)25-9-11-28-31(13-25)42-20-38(35(44)41-18-36-16-39-17-37(36,19-41)22-48-21-36)15-30(38)29-14-26(47-3)10-12-27(29)33(42)32(28)24-7-5-4-6-8-24/h9-14,24,30,39H,1,4-8,15-22H2,2-3H3,(H,40,43)/t30-,36?,37?,38-/m0/s1. The first-order chi connectivity index (χ1) is 23.5. The van der Waals surface area contributed by atoms with Gasteiger partial charge in [0.05, 0.1) is 36.3 Å². The molecular weight excluding hydrogens is 641 g/mol. The minimum absolute atomic E-state index is 0.0381. The van der Waals surface area contributed by atoms with E-state index in [0.29, 0.717) is 38.8 Å². The normalized spacial score (nSPS) is 30.2. The molecule has 5 fully saturated rings. The zero-order valence-corrected chi connectivity index (χ0v) is 29.1. The highest BCUT2D eigenvalue weighted by atomic mass is 32.2. The van der Waals surface area contributed by atoms with E-state index in [1.807, 2.05) is 18.2 Å². The van der Waals surface area contributed by atoms with Crippen molar-refractivity contribution < 1.29 is 27.5 Å². The first-order valence-corrected chi connectivity index (χ1v) is 19.1. The summed E-state index contributed by atoms with van der Waals surface area (Å²) >= 11 is 0. The maximum absolute atomic E-state index is 15.1. The van der Waals surface area contributed by atoms with Gasteiger partial charge >= 0.3 is 0 Å². The molecular formula is C38H44N4O6S. The number of sulfonamides is 1. The van der Waals surface area contributed by atoms with Gasteiger partial charge in [-0.2, -0.15) is 0 Å². The van der Waals surface area contributed by atoms with Crippen LogP contribution in [0.1, 0.15) is 78.8 Å². The highest BCUT2D eigenvalue weighted by Gasteiger charge is 2.69. The molecule has 2 amide bonds. The molecule has 2 saturated carbocycles. The van der Waals surface area contributed by atoms with Crippen molar-refractivity contribution in [2.45, 2.75) is 63.8 Å². The van der Waals surface area contributed by atoms with Crippen molar-refractivity contribution in [2.75, 3.05) is 46.5 Å². The van der Waals surface area contributed by atoms with Gasteiger partial charge in [-0.25, -0.2) is 13.1 Å². The molecule has 3 saturated heterocycles. The lowest BCUT2D eigenvalue weighted by molar-refractivity contribution is -0.137. The first kappa shape index (κ1) is 31.3. The monoisotopic (exact) mass is 684 g/mol. The molecule has 1 aromatic heterocycles. The van der Waals surface area contributed by atoms with E-state index in [1.54, 1.807) is 13.2 Å². The van der Waals surface area contributed by atoms with Crippen molar-refractivity contribution in [3.63, 3.8) is 0 Å². The Morgan fingerprint density at radius 2 is 1.76 bits per heavy atom. The molecule has 2 aliphatic carbocycles. The minimum Gasteiger partial charge on any atom is -0.497 e. The van der Waals surface area contributed by atoms with E-state index in [0.717, 1.165) is 78.7 Å². The van der Waals surface area contributed by atoms with Crippen LogP contribution in [0.3, 0.4) is 0 Å². The van der Waals surface area contributed by atoms with Gasteiger partial charge in [-0.15, -0.1) is 0 Å². The molecule has 49 heavy (non-hydrogen) atoms. The Bertz CT molecular complexity index is 2030. The van der Waals surface area contributed by atoms with Crippen molar-refractivity contribution in [3.05, 3.63) is 64.6 Å². The number of methoxy groups -OCH3 is 1. The molecule has 11 heteroatoms. The van der Waals surface area contributed by atoms with Crippen LogP contribution in [0.15, 0.2) is 47.9 Å². The number of carbonyl (C=O) groups is 2. The summed E-state index contributed by atoms with van der Waals surface area (Å²) in [4.78, 5) is 30.5. The van der Waals surface area contributed by atoms with Crippen molar-refractivity contribution in [3.8, 4) is 17.0 Å². The quantitative estimate of drug-likeness (QED) is 0.380. The molecule has 5 heterocycles. The Morgan fingerprint density at radius 3 is 2.45 bits per heavy atom. The Morgan fingerprint density at radius 1 is 1.02 bits per heavy atom. The third-order valence-electron chi connectivity index (χ3n) is 13.0. The van der Waals surface area contributed by atoms with Crippen molar-refractivity contribution in [2.24, 2.45) is 16.2 Å². The lowest BCUT2D eigenvalue weighted by Crippen LogP contribution is -2.42. The van der Waals surface area contributed by atoms with Gasteiger partial charge in [0.25, 0.3) is 15.9 Å². The molecule has 9 rings (SSSR count). The second-order valence-electron chi connectivity index (χ2n) is 15.7. The fraction of sp³-hybridized carbons (Fsp3) is 0.526. The van der Waals surface area contributed by atoms with Gasteiger partial charge in [0.1, 0.15) is 5.75 Å². The van der Waals surface area contributed by atoms with Gasteiger partial charge in [0.2, 0.25) is 5.91 Å². The van der Waals surface area contributed by atoms with Crippen LogP contribution in [0, 0.1) is 16.2 Å². The summed E-state index contributed by atoms with van der Waals surface area (Å²) in [5.41, 5.74) is 5.07.